The van der Waals surface area contributed by atoms with Gasteiger partial charge in [0.2, 0.25) is 5.91 Å². The van der Waals surface area contributed by atoms with Crippen molar-refractivity contribution in [2.45, 2.75) is 25.9 Å². The number of hydrogen-bond acceptors (Lipinski definition) is 2. The van der Waals surface area contributed by atoms with Crippen molar-refractivity contribution in [1.29, 1.82) is 0 Å². The molecule has 2 aromatic rings. The summed E-state index contributed by atoms with van der Waals surface area (Å²) in [5, 5.41) is 5.09. The predicted octanol–water partition coefficient (Wildman–Crippen LogP) is 4.70. The van der Waals surface area contributed by atoms with Crippen LogP contribution in [0.3, 0.4) is 0 Å². The first-order valence-corrected chi connectivity index (χ1v) is 7.68. The van der Waals surface area contributed by atoms with E-state index in [0.29, 0.717) is 18.5 Å². The third-order valence-electron chi connectivity index (χ3n) is 3.33. The SMILES string of the molecule is CCCC(=O)Nc1cccc(C(=O)Nc2cccc(C(F)(F)F)c2)c1. The van der Waals surface area contributed by atoms with E-state index in [1.807, 2.05) is 6.92 Å². The van der Waals surface area contributed by atoms with Crippen LogP contribution < -0.4 is 10.6 Å². The van der Waals surface area contributed by atoms with E-state index >= 15 is 0 Å². The molecule has 0 fully saturated rings. The van der Waals surface area contributed by atoms with E-state index in [0.717, 1.165) is 12.1 Å². The van der Waals surface area contributed by atoms with Crippen LogP contribution >= 0.6 is 0 Å². The summed E-state index contributed by atoms with van der Waals surface area (Å²) >= 11 is 0. The normalized spacial score (nSPS) is 11.0. The quantitative estimate of drug-likeness (QED) is 0.821. The Bertz CT molecular complexity index is 773. The molecule has 4 nitrogen and oxygen atoms in total. The van der Waals surface area contributed by atoms with Gasteiger partial charge >= 0.3 is 6.18 Å². The van der Waals surface area contributed by atoms with Crippen molar-refractivity contribution in [1.82, 2.24) is 0 Å². The molecule has 0 aliphatic heterocycles. The Hall–Kier alpha value is -2.83. The summed E-state index contributed by atoms with van der Waals surface area (Å²) in [6.07, 6.45) is -3.42. The first-order chi connectivity index (χ1) is 11.8. The summed E-state index contributed by atoms with van der Waals surface area (Å²) in [7, 11) is 0. The number of alkyl halides is 3. The Morgan fingerprint density at radius 2 is 1.60 bits per heavy atom. The number of hydrogen-bond donors (Lipinski definition) is 2. The largest absolute Gasteiger partial charge is 0.416 e. The fourth-order valence-corrected chi connectivity index (χ4v) is 2.17. The maximum atomic E-state index is 12.7. The average molecular weight is 350 g/mol. The Labute approximate surface area is 143 Å². The van der Waals surface area contributed by atoms with Crippen molar-refractivity contribution in [2.24, 2.45) is 0 Å². The maximum absolute atomic E-state index is 12.7. The molecule has 0 radical (unpaired) electrons. The molecule has 2 aromatic carbocycles. The van der Waals surface area contributed by atoms with E-state index in [1.54, 1.807) is 12.1 Å². The van der Waals surface area contributed by atoms with Crippen LogP contribution in [0, 0.1) is 0 Å². The Kier molecular flexibility index (Phi) is 5.80. The number of amides is 2. The highest BCUT2D eigenvalue weighted by Crippen LogP contribution is 2.30. The summed E-state index contributed by atoms with van der Waals surface area (Å²) in [5.41, 5.74) is -0.118. The summed E-state index contributed by atoms with van der Waals surface area (Å²) < 4.78 is 38.1. The van der Waals surface area contributed by atoms with Gasteiger partial charge in [-0.15, -0.1) is 0 Å². The molecule has 0 spiro atoms. The summed E-state index contributed by atoms with van der Waals surface area (Å²) in [6.45, 7) is 1.87. The highest BCUT2D eigenvalue weighted by molar-refractivity contribution is 6.05. The summed E-state index contributed by atoms with van der Waals surface area (Å²) in [6, 6.07) is 10.6. The zero-order chi connectivity index (χ0) is 18.4. The van der Waals surface area contributed by atoms with Gasteiger partial charge in [-0.2, -0.15) is 13.2 Å². The molecule has 25 heavy (non-hydrogen) atoms. The Morgan fingerprint density at radius 1 is 0.960 bits per heavy atom. The second-order valence-electron chi connectivity index (χ2n) is 5.41. The Morgan fingerprint density at radius 3 is 2.24 bits per heavy atom. The van der Waals surface area contributed by atoms with Crippen LogP contribution in [0.15, 0.2) is 48.5 Å². The van der Waals surface area contributed by atoms with Gasteiger partial charge in [0.15, 0.2) is 0 Å². The molecule has 0 atom stereocenters. The van der Waals surface area contributed by atoms with Gasteiger partial charge in [0.1, 0.15) is 0 Å². The number of halogens is 3. The number of anilines is 2. The second kappa shape index (κ2) is 7.83. The lowest BCUT2D eigenvalue weighted by Gasteiger charge is -2.11. The number of benzene rings is 2. The van der Waals surface area contributed by atoms with Gasteiger partial charge in [0.25, 0.3) is 5.91 Å². The smallest absolute Gasteiger partial charge is 0.326 e. The molecule has 0 saturated heterocycles. The van der Waals surface area contributed by atoms with Crippen molar-refractivity contribution in [3.05, 3.63) is 59.7 Å². The number of carbonyl (C=O) groups excluding carboxylic acids is 2. The lowest BCUT2D eigenvalue weighted by atomic mass is 10.1. The van der Waals surface area contributed by atoms with Crippen LogP contribution in [-0.2, 0) is 11.0 Å². The number of carbonyl (C=O) groups is 2. The zero-order valence-corrected chi connectivity index (χ0v) is 13.5. The zero-order valence-electron chi connectivity index (χ0n) is 13.5. The van der Waals surface area contributed by atoms with Gasteiger partial charge in [-0.25, -0.2) is 0 Å². The first-order valence-electron chi connectivity index (χ1n) is 7.68. The topological polar surface area (TPSA) is 58.2 Å². The fraction of sp³-hybridized carbons (Fsp3) is 0.222. The number of rotatable bonds is 5. The van der Waals surface area contributed by atoms with Gasteiger partial charge in [-0.1, -0.05) is 19.1 Å². The molecule has 132 valence electrons. The minimum absolute atomic E-state index is 0.0419. The lowest BCUT2D eigenvalue weighted by molar-refractivity contribution is -0.137. The van der Waals surface area contributed by atoms with Gasteiger partial charge in [0.05, 0.1) is 5.56 Å². The van der Waals surface area contributed by atoms with E-state index in [9.17, 15) is 22.8 Å². The van der Waals surface area contributed by atoms with Gasteiger partial charge < -0.3 is 10.6 Å². The highest BCUT2D eigenvalue weighted by Gasteiger charge is 2.30. The van der Waals surface area contributed by atoms with E-state index in [2.05, 4.69) is 10.6 Å². The van der Waals surface area contributed by atoms with Gasteiger partial charge in [-0.3, -0.25) is 9.59 Å². The van der Waals surface area contributed by atoms with Crippen molar-refractivity contribution < 1.29 is 22.8 Å². The molecule has 0 bridgehead atoms. The fourth-order valence-electron chi connectivity index (χ4n) is 2.17. The van der Waals surface area contributed by atoms with Crippen LogP contribution in [0.4, 0.5) is 24.5 Å². The minimum Gasteiger partial charge on any atom is -0.326 e. The van der Waals surface area contributed by atoms with Crippen molar-refractivity contribution in [3.63, 3.8) is 0 Å². The standard InChI is InChI=1S/C18H17F3N2O2/c1-2-5-16(24)22-14-8-3-6-12(10-14)17(25)23-15-9-4-7-13(11-15)18(19,20)21/h3-4,6-11H,2,5H2,1H3,(H,22,24)(H,23,25). The van der Waals surface area contributed by atoms with Crippen LogP contribution in [0.25, 0.3) is 0 Å². The molecular formula is C18H17F3N2O2. The van der Waals surface area contributed by atoms with Crippen LogP contribution in [-0.4, -0.2) is 11.8 Å². The lowest BCUT2D eigenvalue weighted by Crippen LogP contribution is -2.15. The highest BCUT2D eigenvalue weighted by atomic mass is 19.4. The summed E-state index contributed by atoms with van der Waals surface area (Å²) in [4.78, 5) is 23.8. The molecular weight excluding hydrogens is 333 g/mol. The molecule has 2 rings (SSSR count). The third kappa shape index (κ3) is 5.34. The van der Waals surface area contributed by atoms with Crippen molar-refractivity contribution >= 4 is 23.2 Å². The molecule has 0 aliphatic carbocycles. The van der Waals surface area contributed by atoms with Crippen molar-refractivity contribution in [2.75, 3.05) is 10.6 Å². The molecule has 0 heterocycles. The van der Waals surface area contributed by atoms with E-state index < -0.39 is 17.6 Å². The average Bonchev–Trinajstić information content (AvgIpc) is 2.54. The molecule has 0 unspecified atom stereocenters. The molecule has 0 aromatic heterocycles. The molecule has 2 N–H and O–H groups in total. The van der Waals surface area contributed by atoms with Gasteiger partial charge in [0, 0.05) is 23.4 Å². The first kappa shape index (κ1) is 18.5. The molecule has 0 saturated carbocycles. The molecule has 7 heteroatoms. The summed E-state index contributed by atoms with van der Waals surface area (Å²) in [5.74, 6) is -0.733. The molecule has 0 aliphatic rings. The van der Waals surface area contributed by atoms with E-state index in [-0.39, 0.29) is 17.2 Å². The van der Waals surface area contributed by atoms with Crippen LogP contribution in [0.1, 0.15) is 35.7 Å². The van der Waals surface area contributed by atoms with Crippen LogP contribution in [0.2, 0.25) is 0 Å². The Balaban J connectivity index is 2.12. The predicted molar refractivity (Wildman–Crippen MR) is 89.4 cm³/mol. The second-order valence-corrected chi connectivity index (χ2v) is 5.41. The van der Waals surface area contributed by atoms with E-state index in [4.69, 9.17) is 0 Å². The van der Waals surface area contributed by atoms with Crippen LogP contribution in [0.5, 0.6) is 0 Å². The van der Waals surface area contributed by atoms with E-state index in [1.165, 1.54) is 24.3 Å². The monoisotopic (exact) mass is 350 g/mol. The maximum Gasteiger partial charge on any atom is 0.416 e. The third-order valence-corrected chi connectivity index (χ3v) is 3.33. The molecule has 2 amide bonds. The van der Waals surface area contributed by atoms with Gasteiger partial charge in [-0.05, 0) is 42.8 Å². The van der Waals surface area contributed by atoms with Crippen molar-refractivity contribution in [3.8, 4) is 0 Å². The minimum atomic E-state index is -4.48. The number of nitrogens with one attached hydrogen (secondary N) is 2.